The molecule has 4 aromatic rings. The summed E-state index contributed by atoms with van der Waals surface area (Å²) >= 11 is 0. The normalized spacial score (nSPS) is 10.4. The van der Waals surface area contributed by atoms with Gasteiger partial charge in [0.1, 0.15) is 17.8 Å². The van der Waals surface area contributed by atoms with Gasteiger partial charge in [-0.05, 0) is 55.5 Å². The van der Waals surface area contributed by atoms with Gasteiger partial charge < -0.3 is 15.0 Å². The van der Waals surface area contributed by atoms with Crippen LogP contribution in [0.3, 0.4) is 0 Å². The number of nitrogens with one attached hydrogen (secondary N) is 1. The molecule has 0 fully saturated rings. The maximum Gasteiger partial charge on any atom is 0.354 e. The number of anilines is 4. The highest BCUT2D eigenvalue weighted by Crippen LogP contribution is 2.37. The van der Waals surface area contributed by atoms with Crippen LogP contribution < -0.4 is 15.0 Å². The van der Waals surface area contributed by atoms with Gasteiger partial charge in [-0.25, -0.2) is 9.97 Å². The summed E-state index contributed by atoms with van der Waals surface area (Å²) in [5, 5.41) is 15.0. The maximum absolute atomic E-state index is 12.0. The number of hydrogen-bond donors (Lipinski definition) is 1. The number of nitrogens with zero attached hydrogens (tertiary/aromatic N) is 4. The van der Waals surface area contributed by atoms with E-state index in [2.05, 4.69) is 15.3 Å². The minimum absolute atomic E-state index is 0.117. The minimum atomic E-state index is -0.462. The van der Waals surface area contributed by atoms with Crippen molar-refractivity contribution in [1.82, 2.24) is 9.97 Å². The molecule has 0 aliphatic carbocycles. The molecular weight excluding hydrogens is 406 g/mol. The molecule has 160 valence electrons. The molecule has 4 rings (SSSR count). The van der Waals surface area contributed by atoms with E-state index in [0.717, 1.165) is 11.4 Å². The van der Waals surface area contributed by atoms with E-state index in [1.807, 2.05) is 67.6 Å². The molecule has 0 saturated heterocycles. The lowest BCUT2D eigenvalue weighted by Gasteiger charge is -2.22. The molecule has 1 heterocycles. The Balaban J connectivity index is 1.61. The lowest BCUT2D eigenvalue weighted by Crippen LogP contribution is -2.19. The van der Waals surface area contributed by atoms with Gasteiger partial charge in [0.25, 0.3) is 0 Å². The Bertz CT molecular complexity index is 1190. The van der Waals surface area contributed by atoms with Crippen molar-refractivity contribution >= 4 is 28.7 Å². The monoisotopic (exact) mass is 427 g/mol. The Kier molecular flexibility index (Phi) is 6.22. The number of hydrogen-bond acceptors (Lipinski definition) is 7. The first-order valence-electron chi connectivity index (χ1n) is 10.1. The molecule has 0 saturated carbocycles. The predicted molar refractivity (Wildman–Crippen MR) is 124 cm³/mol. The van der Waals surface area contributed by atoms with Crippen LogP contribution in [0, 0.1) is 10.1 Å². The van der Waals surface area contributed by atoms with E-state index in [0.29, 0.717) is 18.0 Å². The van der Waals surface area contributed by atoms with Crippen molar-refractivity contribution in [2.24, 2.45) is 0 Å². The molecule has 32 heavy (non-hydrogen) atoms. The molecule has 0 amide bonds. The van der Waals surface area contributed by atoms with Crippen molar-refractivity contribution in [3.05, 3.63) is 101 Å². The summed E-state index contributed by atoms with van der Waals surface area (Å²) in [5.74, 6) is 1.72. The van der Waals surface area contributed by atoms with Crippen molar-refractivity contribution in [2.75, 3.05) is 16.8 Å². The minimum Gasteiger partial charge on any atom is -0.457 e. The predicted octanol–water partition coefficient (Wildman–Crippen LogP) is 6.08. The molecule has 0 aliphatic rings. The molecule has 8 nitrogen and oxygen atoms in total. The molecule has 1 N–H and O–H groups in total. The Hall–Kier alpha value is -4.46. The Morgan fingerprint density at radius 1 is 0.906 bits per heavy atom. The van der Waals surface area contributed by atoms with E-state index >= 15 is 0 Å². The van der Waals surface area contributed by atoms with E-state index in [4.69, 9.17) is 4.74 Å². The highest BCUT2D eigenvalue weighted by molar-refractivity contribution is 5.78. The molecule has 8 heteroatoms. The summed E-state index contributed by atoms with van der Waals surface area (Å²) in [6.07, 6.45) is 1.32. The van der Waals surface area contributed by atoms with Crippen LogP contribution in [0.2, 0.25) is 0 Å². The molecule has 3 aromatic carbocycles. The topological polar surface area (TPSA) is 93.4 Å². The zero-order chi connectivity index (χ0) is 22.3. The van der Waals surface area contributed by atoms with Gasteiger partial charge in [-0.2, -0.15) is 0 Å². The van der Waals surface area contributed by atoms with Crippen molar-refractivity contribution in [3.63, 3.8) is 0 Å². The largest absolute Gasteiger partial charge is 0.457 e. The summed E-state index contributed by atoms with van der Waals surface area (Å²) in [7, 11) is 0. The zero-order valence-electron chi connectivity index (χ0n) is 17.4. The molecule has 0 aliphatic heterocycles. The van der Waals surface area contributed by atoms with E-state index in [1.54, 1.807) is 29.2 Å². The standard InChI is InChI=1S/C24H21N5O3/c1-2-28(19-9-5-3-6-10-19)24-22(29(30)31)23(25-17-26-24)27-18-13-15-21(16-14-18)32-20-11-7-4-8-12-20/h3-17H,2H2,1H3,(H,25,26,27). The molecule has 0 unspecified atom stereocenters. The van der Waals surface area contributed by atoms with Gasteiger partial charge in [-0.15, -0.1) is 0 Å². The van der Waals surface area contributed by atoms with Crippen molar-refractivity contribution in [2.45, 2.75) is 6.92 Å². The number of ether oxygens (including phenoxy) is 1. The number of rotatable bonds is 8. The quantitative estimate of drug-likeness (QED) is 0.269. The fourth-order valence-corrected chi connectivity index (χ4v) is 3.26. The van der Waals surface area contributed by atoms with Crippen LogP contribution in [0.1, 0.15) is 6.92 Å². The third-order valence-corrected chi connectivity index (χ3v) is 4.72. The maximum atomic E-state index is 12.0. The fraction of sp³-hybridized carbons (Fsp3) is 0.0833. The van der Waals surface area contributed by atoms with E-state index in [-0.39, 0.29) is 17.3 Å². The van der Waals surface area contributed by atoms with Crippen LogP contribution in [0.15, 0.2) is 91.3 Å². The molecule has 0 radical (unpaired) electrons. The summed E-state index contributed by atoms with van der Waals surface area (Å²) in [6, 6.07) is 26.0. The van der Waals surface area contributed by atoms with Gasteiger partial charge in [0.15, 0.2) is 0 Å². The number of benzene rings is 3. The highest BCUT2D eigenvalue weighted by Gasteiger charge is 2.27. The van der Waals surface area contributed by atoms with Crippen molar-refractivity contribution in [3.8, 4) is 11.5 Å². The molecule has 0 bridgehead atoms. The van der Waals surface area contributed by atoms with Gasteiger partial charge in [0.05, 0.1) is 4.92 Å². The molecule has 1 aromatic heterocycles. The Morgan fingerprint density at radius 3 is 2.16 bits per heavy atom. The van der Waals surface area contributed by atoms with Crippen LogP contribution >= 0.6 is 0 Å². The van der Waals surface area contributed by atoms with Crippen molar-refractivity contribution in [1.29, 1.82) is 0 Å². The average Bonchev–Trinajstić information content (AvgIpc) is 2.82. The van der Waals surface area contributed by atoms with E-state index in [1.165, 1.54) is 6.33 Å². The van der Waals surface area contributed by atoms with Crippen LogP contribution in [-0.2, 0) is 0 Å². The van der Waals surface area contributed by atoms with E-state index in [9.17, 15) is 10.1 Å². The van der Waals surface area contributed by atoms with Crippen LogP contribution in [-0.4, -0.2) is 21.4 Å². The van der Waals surface area contributed by atoms with Crippen LogP contribution in [0.5, 0.6) is 11.5 Å². The SMILES string of the molecule is CCN(c1ccccc1)c1ncnc(Nc2ccc(Oc3ccccc3)cc2)c1[N+](=O)[O-]. The van der Waals surface area contributed by atoms with Gasteiger partial charge in [0, 0.05) is 17.9 Å². The Labute approximate surface area is 185 Å². The first-order chi connectivity index (χ1) is 15.7. The van der Waals surface area contributed by atoms with Gasteiger partial charge in [-0.1, -0.05) is 36.4 Å². The van der Waals surface area contributed by atoms with E-state index < -0.39 is 4.92 Å². The molecular formula is C24H21N5O3. The lowest BCUT2D eigenvalue weighted by atomic mass is 10.2. The summed E-state index contributed by atoms with van der Waals surface area (Å²) in [4.78, 5) is 21.7. The number of nitro groups is 1. The fourth-order valence-electron chi connectivity index (χ4n) is 3.26. The Morgan fingerprint density at radius 2 is 1.53 bits per heavy atom. The number of aromatic nitrogens is 2. The zero-order valence-corrected chi connectivity index (χ0v) is 17.4. The second-order valence-electron chi connectivity index (χ2n) is 6.80. The molecule has 0 spiro atoms. The second kappa shape index (κ2) is 9.57. The first-order valence-corrected chi connectivity index (χ1v) is 10.1. The van der Waals surface area contributed by atoms with Crippen LogP contribution in [0.4, 0.5) is 28.7 Å². The van der Waals surface area contributed by atoms with Gasteiger partial charge in [0.2, 0.25) is 11.6 Å². The smallest absolute Gasteiger partial charge is 0.354 e. The van der Waals surface area contributed by atoms with Gasteiger partial charge >= 0.3 is 5.69 Å². The second-order valence-corrected chi connectivity index (χ2v) is 6.80. The lowest BCUT2D eigenvalue weighted by molar-refractivity contribution is -0.383. The third-order valence-electron chi connectivity index (χ3n) is 4.72. The summed E-state index contributed by atoms with van der Waals surface area (Å²) in [5.41, 5.74) is 1.26. The van der Waals surface area contributed by atoms with Crippen molar-refractivity contribution < 1.29 is 9.66 Å². The third kappa shape index (κ3) is 4.65. The summed E-state index contributed by atoms with van der Waals surface area (Å²) < 4.78 is 5.79. The van der Waals surface area contributed by atoms with Crippen LogP contribution in [0.25, 0.3) is 0 Å². The van der Waals surface area contributed by atoms with Gasteiger partial charge in [-0.3, -0.25) is 10.1 Å². The average molecular weight is 427 g/mol. The summed E-state index contributed by atoms with van der Waals surface area (Å²) in [6.45, 7) is 2.42. The first kappa shape index (κ1) is 20.8. The number of para-hydroxylation sites is 2. The molecule has 0 atom stereocenters. The highest BCUT2D eigenvalue weighted by atomic mass is 16.6.